The highest BCUT2D eigenvalue weighted by molar-refractivity contribution is 7.87. The number of thiophene rings is 1. The molecule has 1 unspecified atom stereocenters. The van der Waals surface area contributed by atoms with Crippen LogP contribution in [0.25, 0.3) is 0 Å². The third kappa shape index (κ3) is 4.58. The monoisotopic (exact) mass is 371 g/mol. The van der Waals surface area contributed by atoms with E-state index in [1.54, 1.807) is 15.6 Å². The summed E-state index contributed by atoms with van der Waals surface area (Å²) in [6.45, 7) is 6.18. The molecule has 2 aliphatic heterocycles. The summed E-state index contributed by atoms with van der Waals surface area (Å²) in [5.74, 6) is 0.773. The van der Waals surface area contributed by atoms with Crippen molar-refractivity contribution in [1.29, 1.82) is 0 Å². The van der Waals surface area contributed by atoms with Gasteiger partial charge in [-0.25, -0.2) is 4.72 Å². The lowest BCUT2D eigenvalue weighted by molar-refractivity contribution is 0.140. The van der Waals surface area contributed by atoms with Crippen LogP contribution in [-0.2, 0) is 10.2 Å². The average molecular weight is 372 g/mol. The summed E-state index contributed by atoms with van der Waals surface area (Å²) >= 11 is 1.72. The Morgan fingerprint density at radius 2 is 1.92 bits per heavy atom. The Labute approximate surface area is 150 Å². The summed E-state index contributed by atoms with van der Waals surface area (Å²) in [5.41, 5.74) is 0. The Morgan fingerprint density at radius 3 is 2.54 bits per heavy atom. The molecule has 3 heterocycles. The molecule has 2 saturated heterocycles. The predicted octanol–water partition coefficient (Wildman–Crippen LogP) is 2.84. The Hall–Kier alpha value is -0.470. The molecule has 0 bridgehead atoms. The molecule has 2 aliphatic rings. The largest absolute Gasteiger partial charge is 0.294 e. The quantitative estimate of drug-likeness (QED) is 0.837. The number of hydrogen-bond donors (Lipinski definition) is 1. The van der Waals surface area contributed by atoms with Gasteiger partial charge in [0.1, 0.15) is 0 Å². The molecule has 1 N–H and O–H groups in total. The standard InChI is InChI=1S/C17H29N3O2S2/c1-15-7-11-19(12-8-15)16(17-6-5-13-23-17)14-18-24(21,22)20-9-3-2-4-10-20/h5-6,13,15-16,18H,2-4,7-12,14H2,1H3. The lowest BCUT2D eigenvalue weighted by atomic mass is 9.97. The third-order valence-electron chi connectivity index (χ3n) is 5.24. The lowest BCUT2D eigenvalue weighted by Crippen LogP contribution is -2.47. The van der Waals surface area contributed by atoms with Crippen LogP contribution in [0.4, 0.5) is 0 Å². The summed E-state index contributed by atoms with van der Waals surface area (Å²) in [5, 5.41) is 2.08. The minimum Gasteiger partial charge on any atom is -0.294 e. The number of likely N-dealkylation sites (tertiary alicyclic amines) is 1. The second-order valence-corrected chi connectivity index (χ2v) is 9.80. The topological polar surface area (TPSA) is 52.7 Å². The first kappa shape index (κ1) is 18.3. The predicted molar refractivity (Wildman–Crippen MR) is 99.4 cm³/mol. The third-order valence-corrected chi connectivity index (χ3v) is 7.79. The van der Waals surface area contributed by atoms with Gasteiger partial charge in [0.25, 0.3) is 10.2 Å². The van der Waals surface area contributed by atoms with Crippen molar-refractivity contribution in [1.82, 2.24) is 13.9 Å². The van der Waals surface area contributed by atoms with Crippen molar-refractivity contribution in [2.75, 3.05) is 32.7 Å². The molecule has 0 amide bonds. The molecule has 24 heavy (non-hydrogen) atoms. The van der Waals surface area contributed by atoms with Gasteiger partial charge in [0, 0.05) is 24.5 Å². The van der Waals surface area contributed by atoms with Gasteiger partial charge < -0.3 is 0 Å². The normalized spacial score (nSPS) is 23.4. The zero-order chi connectivity index (χ0) is 17.0. The van der Waals surface area contributed by atoms with E-state index in [9.17, 15) is 8.42 Å². The molecule has 1 aromatic heterocycles. The molecule has 5 nitrogen and oxygen atoms in total. The summed E-state index contributed by atoms with van der Waals surface area (Å²) in [7, 11) is -3.36. The van der Waals surface area contributed by atoms with Gasteiger partial charge in [-0.3, -0.25) is 4.90 Å². The molecule has 0 spiro atoms. The summed E-state index contributed by atoms with van der Waals surface area (Å²) in [6, 6.07) is 4.33. The highest BCUT2D eigenvalue weighted by Crippen LogP contribution is 2.29. The van der Waals surface area contributed by atoms with Gasteiger partial charge in [0.15, 0.2) is 0 Å². The van der Waals surface area contributed by atoms with Gasteiger partial charge in [0.2, 0.25) is 0 Å². The number of nitrogens with one attached hydrogen (secondary N) is 1. The van der Waals surface area contributed by atoms with E-state index in [1.807, 2.05) is 0 Å². The van der Waals surface area contributed by atoms with Gasteiger partial charge in [0.05, 0.1) is 6.04 Å². The highest BCUT2D eigenvalue weighted by atomic mass is 32.2. The van der Waals surface area contributed by atoms with E-state index in [-0.39, 0.29) is 6.04 Å². The van der Waals surface area contributed by atoms with Crippen molar-refractivity contribution in [3.8, 4) is 0 Å². The van der Waals surface area contributed by atoms with Gasteiger partial charge in [-0.2, -0.15) is 12.7 Å². The fourth-order valence-corrected chi connectivity index (χ4v) is 5.76. The minimum absolute atomic E-state index is 0.150. The van der Waals surface area contributed by atoms with Crippen LogP contribution in [0, 0.1) is 5.92 Å². The van der Waals surface area contributed by atoms with Crippen LogP contribution in [0.2, 0.25) is 0 Å². The first-order valence-corrected chi connectivity index (χ1v) is 11.4. The summed E-state index contributed by atoms with van der Waals surface area (Å²) < 4.78 is 29.7. The number of piperidine rings is 2. The Balaban J connectivity index is 1.66. The second kappa shape index (κ2) is 8.27. The molecule has 0 radical (unpaired) electrons. The van der Waals surface area contributed by atoms with E-state index < -0.39 is 10.2 Å². The number of rotatable bonds is 6. The molecular formula is C17H29N3O2S2. The van der Waals surface area contributed by atoms with E-state index in [1.165, 1.54) is 17.7 Å². The van der Waals surface area contributed by atoms with Crippen LogP contribution < -0.4 is 4.72 Å². The molecule has 136 valence electrons. The van der Waals surface area contributed by atoms with E-state index >= 15 is 0 Å². The van der Waals surface area contributed by atoms with Crippen LogP contribution in [-0.4, -0.2) is 50.3 Å². The van der Waals surface area contributed by atoms with E-state index in [0.717, 1.165) is 38.3 Å². The van der Waals surface area contributed by atoms with Crippen LogP contribution in [0.1, 0.15) is 49.9 Å². The van der Waals surface area contributed by atoms with Crippen molar-refractivity contribution in [3.63, 3.8) is 0 Å². The van der Waals surface area contributed by atoms with Crippen molar-refractivity contribution in [3.05, 3.63) is 22.4 Å². The second-order valence-electron chi connectivity index (χ2n) is 7.06. The zero-order valence-corrected chi connectivity index (χ0v) is 16.1. The van der Waals surface area contributed by atoms with Crippen molar-refractivity contribution < 1.29 is 8.42 Å². The SMILES string of the molecule is CC1CCN(C(CNS(=O)(=O)N2CCCCC2)c2cccs2)CC1. The fraction of sp³-hybridized carbons (Fsp3) is 0.765. The lowest BCUT2D eigenvalue weighted by Gasteiger charge is -2.37. The summed E-state index contributed by atoms with van der Waals surface area (Å²) in [6.07, 6.45) is 5.47. The zero-order valence-electron chi connectivity index (χ0n) is 14.5. The van der Waals surface area contributed by atoms with Crippen LogP contribution in [0.15, 0.2) is 17.5 Å². The van der Waals surface area contributed by atoms with Crippen molar-refractivity contribution in [2.45, 2.75) is 45.1 Å². The van der Waals surface area contributed by atoms with Gasteiger partial charge in [-0.1, -0.05) is 19.4 Å². The molecule has 1 atom stereocenters. The van der Waals surface area contributed by atoms with Gasteiger partial charge in [-0.15, -0.1) is 11.3 Å². The maximum absolute atomic E-state index is 12.6. The number of nitrogens with zero attached hydrogens (tertiary/aromatic N) is 2. The Kier molecular flexibility index (Phi) is 6.32. The van der Waals surface area contributed by atoms with Crippen LogP contribution in [0.3, 0.4) is 0 Å². The first-order valence-electron chi connectivity index (χ1n) is 9.08. The molecule has 1 aromatic rings. The maximum Gasteiger partial charge on any atom is 0.279 e. The van der Waals surface area contributed by atoms with E-state index in [0.29, 0.717) is 19.6 Å². The highest BCUT2D eigenvalue weighted by Gasteiger charge is 2.29. The number of hydrogen-bond acceptors (Lipinski definition) is 4. The summed E-state index contributed by atoms with van der Waals surface area (Å²) in [4.78, 5) is 3.70. The maximum atomic E-state index is 12.6. The fourth-order valence-electron chi connectivity index (χ4n) is 3.61. The van der Waals surface area contributed by atoms with Crippen LogP contribution in [0.5, 0.6) is 0 Å². The van der Waals surface area contributed by atoms with Gasteiger partial charge >= 0.3 is 0 Å². The molecule has 2 fully saturated rings. The van der Waals surface area contributed by atoms with Gasteiger partial charge in [-0.05, 0) is 56.1 Å². The van der Waals surface area contributed by atoms with Crippen molar-refractivity contribution in [2.24, 2.45) is 5.92 Å². The average Bonchev–Trinajstić information content (AvgIpc) is 3.12. The molecule has 0 saturated carbocycles. The molecular weight excluding hydrogens is 342 g/mol. The molecule has 0 aromatic carbocycles. The molecule has 7 heteroatoms. The Morgan fingerprint density at radius 1 is 1.21 bits per heavy atom. The van der Waals surface area contributed by atoms with E-state index in [4.69, 9.17) is 0 Å². The molecule has 0 aliphatic carbocycles. The Bertz CT molecular complexity index is 589. The smallest absolute Gasteiger partial charge is 0.279 e. The van der Waals surface area contributed by atoms with Crippen LogP contribution >= 0.6 is 11.3 Å². The van der Waals surface area contributed by atoms with E-state index in [2.05, 4.69) is 34.1 Å². The first-order chi connectivity index (χ1) is 11.6. The van der Waals surface area contributed by atoms with Crippen molar-refractivity contribution >= 4 is 21.5 Å². The minimum atomic E-state index is -3.36. The molecule has 3 rings (SSSR count).